The van der Waals surface area contributed by atoms with Gasteiger partial charge in [-0.3, -0.25) is 0 Å². The molecule has 0 bridgehead atoms. The van der Waals surface area contributed by atoms with E-state index in [2.05, 4.69) is 4.90 Å². The molecular formula is C11H18NRbS2. The molecule has 2 fully saturated rings. The molecule has 0 aliphatic heterocycles. The molecule has 0 saturated heterocycles. The van der Waals surface area contributed by atoms with E-state index in [9.17, 15) is 0 Å². The second-order valence-corrected chi connectivity index (χ2v) is 5.58. The summed E-state index contributed by atoms with van der Waals surface area (Å²) >= 11 is 10.5. The summed E-state index contributed by atoms with van der Waals surface area (Å²) in [6.07, 6.45) is 10.7. The first-order valence-electron chi connectivity index (χ1n) is 5.78. The summed E-state index contributed by atoms with van der Waals surface area (Å²) < 4.78 is 0.726. The molecule has 0 heterocycles. The van der Waals surface area contributed by atoms with Crippen LogP contribution >= 0.6 is 12.2 Å². The topological polar surface area (TPSA) is 3.24 Å². The Balaban J connectivity index is 0.00000112. The van der Waals surface area contributed by atoms with Gasteiger partial charge in [0.25, 0.3) is 0 Å². The van der Waals surface area contributed by atoms with Crippen LogP contribution in [0.1, 0.15) is 51.4 Å². The van der Waals surface area contributed by atoms with Crippen LogP contribution in [0.25, 0.3) is 0 Å². The van der Waals surface area contributed by atoms with Crippen LogP contribution in [-0.2, 0) is 12.6 Å². The van der Waals surface area contributed by atoms with Crippen LogP contribution in [0.4, 0.5) is 0 Å². The van der Waals surface area contributed by atoms with Gasteiger partial charge in [0.05, 0.1) is 0 Å². The van der Waals surface area contributed by atoms with E-state index in [1.54, 1.807) is 0 Å². The molecular weight excluding hydrogens is 296 g/mol. The Hall–Kier alpha value is 1.92. The van der Waals surface area contributed by atoms with Crippen LogP contribution in [-0.4, -0.2) is 21.3 Å². The third kappa shape index (κ3) is 3.95. The fourth-order valence-electron chi connectivity index (χ4n) is 2.96. The van der Waals surface area contributed by atoms with Crippen molar-refractivity contribution in [3.05, 3.63) is 0 Å². The van der Waals surface area contributed by atoms with Crippen molar-refractivity contribution < 1.29 is 58.2 Å². The molecule has 0 aromatic heterocycles. The van der Waals surface area contributed by atoms with Crippen molar-refractivity contribution in [2.75, 3.05) is 0 Å². The molecule has 2 aliphatic carbocycles. The van der Waals surface area contributed by atoms with Crippen molar-refractivity contribution in [1.29, 1.82) is 0 Å². The quantitative estimate of drug-likeness (QED) is 0.522. The smallest absolute Gasteiger partial charge is 0.411 e. The van der Waals surface area contributed by atoms with Crippen molar-refractivity contribution in [2.24, 2.45) is 0 Å². The normalized spacial score (nSPS) is 22.7. The fraction of sp³-hybridized carbons (Fsp3) is 0.909. The minimum absolute atomic E-state index is 0. The first kappa shape index (κ1) is 15.0. The Morgan fingerprint density at radius 3 is 1.53 bits per heavy atom. The van der Waals surface area contributed by atoms with Crippen molar-refractivity contribution in [2.45, 2.75) is 63.5 Å². The first-order chi connectivity index (χ1) is 6.79. The molecule has 1 nitrogen and oxygen atoms in total. The third-order valence-electron chi connectivity index (χ3n) is 3.65. The Morgan fingerprint density at radius 1 is 0.933 bits per heavy atom. The third-order valence-corrected chi connectivity index (χ3v) is 4.07. The van der Waals surface area contributed by atoms with Crippen molar-refractivity contribution in [1.82, 2.24) is 4.90 Å². The van der Waals surface area contributed by atoms with Crippen LogP contribution in [0, 0.1) is 0 Å². The van der Waals surface area contributed by atoms with Crippen LogP contribution in [0.3, 0.4) is 0 Å². The second kappa shape index (κ2) is 7.37. The van der Waals surface area contributed by atoms with Crippen molar-refractivity contribution >= 4 is 29.2 Å². The van der Waals surface area contributed by atoms with E-state index < -0.39 is 0 Å². The van der Waals surface area contributed by atoms with E-state index in [1.165, 1.54) is 51.4 Å². The molecule has 0 atom stereocenters. The Kier molecular flexibility index (Phi) is 7.36. The monoisotopic (exact) mass is 313 g/mol. The number of hydrogen-bond acceptors (Lipinski definition) is 2. The molecule has 2 aliphatic rings. The maximum absolute atomic E-state index is 5.23. The molecule has 4 heteroatoms. The fourth-order valence-corrected chi connectivity index (χ4v) is 3.56. The van der Waals surface area contributed by atoms with Gasteiger partial charge in [-0.1, -0.05) is 30.0 Å². The maximum atomic E-state index is 5.23. The van der Waals surface area contributed by atoms with Gasteiger partial charge < -0.3 is 29.7 Å². The van der Waals surface area contributed by atoms with E-state index >= 15 is 0 Å². The first-order valence-corrected chi connectivity index (χ1v) is 6.60. The van der Waals surface area contributed by atoms with Gasteiger partial charge in [0.2, 0.25) is 0 Å². The van der Waals surface area contributed by atoms with Gasteiger partial charge in [-0.2, -0.15) is 0 Å². The molecule has 0 spiro atoms. The van der Waals surface area contributed by atoms with E-state index in [1.807, 2.05) is 0 Å². The second-order valence-electron chi connectivity index (χ2n) is 4.55. The molecule has 15 heavy (non-hydrogen) atoms. The standard InChI is InChI=1S/C11H19NS2.Rb/c13-11(14)12(9-5-1-2-6-9)10-7-3-4-8-10;/h9-10H,1-8H2,(H,13,14);/q;+1/p-1. The summed E-state index contributed by atoms with van der Waals surface area (Å²) in [5.74, 6) is 0. The van der Waals surface area contributed by atoms with Crippen molar-refractivity contribution in [3.63, 3.8) is 0 Å². The van der Waals surface area contributed by atoms with Gasteiger partial charge in [0, 0.05) is 12.1 Å². The van der Waals surface area contributed by atoms with Crippen LogP contribution < -0.4 is 58.2 Å². The molecule has 0 N–H and O–H groups in total. The minimum atomic E-state index is 0. The number of nitrogens with zero attached hydrogens (tertiary/aromatic N) is 1. The number of thiocarbonyl (C=S) groups is 1. The Labute approximate surface area is 153 Å². The van der Waals surface area contributed by atoms with Gasteiger partial charge in [-0.25, -0.2) is 0 Å². The van der Waals surface area contributed by atoms with Crippen molar-refractivity contribution in [3.8, 4) is 0 Å². The summed E-state index contributed by atoms with van der Waals surface area (Å²) in [7, 11) is 0. The van der Waals surface area contributed by atoms with E-state index in [0.29, 0.717) is 12.1 Å². The van der Waals surface area contributed by atoms with Gasteiger partial charge in [0.1, 0.15) is 0 Å². The predicted molar refractivity (Wildman–Crippen MR) is 66.3 cm³/mol. The molecule has 0 amide bonds. The van der Waals surface area contributed by atoms with Crippen LogP contribution in [0.5, 0.6) is 0 Å². The van der Waals surface area contributed by atoms with Crippen LogP contribution in [0.15, 0.2) is 0 Å². The number of hydrogen-bond donors (Lipinski definition) is 0. The molecule has 0 aromatic carbocycles. The zero-order valence-corrected chi connectivity index (χ0v) is 16.1. The zero-order chi connectivity index (χ0) is 9.97. The summed E-state index contributed by atoms with van der Waals surface area (Å²) in [5, 5.41) is 0. The molecule has 0 radical (unpaired) electrons. The van der Waals surface area contributed by atoms with E-state index in [4.69, 9.17) is 24.8 Å². The minimum Gasteiger partial charge on any atom is -0.411 e. The summed E-state index contributed by atoms with van der Waals surface area (Å²) in [6.45, 7) is 0. The summed E-state index contributed by atoms with van der Waals surface area (Å²) in [6, 6.07) is 1.37. The van der Waals surface area contributed by atoms with Gasteiger partial charge in [-0.05, 0) is 25.7 Å². The summed E-state index contributed by atoms with van der Waals surface area (Å²) in [4.78, 5) is 2.39. The van der Waals surface area contributed by atoms with E-state index in [-0.39, 0.29) is 58.2 Å². The Morgan fingerprint density at radius 2 is 1.27 bits per heavy atom. The van der Waals surface area contributed by atoms with Gasteiger partial charge >= 0.3 is 58.2 Å². The van der Waals surface area contributed by atoms with Gasteiger partial charge in [-0.15, -0.1) is 0 Å². The largest absolute Gasteiger partial charge is 1.00 e. The zero-order valence-electron chi connectivity index (χ0n) is 9.58. The average molecular weight is 314 g/mol. The Bertz CT molecular complexity index is 195. The molecule has 0 unspecified atom stereocenters. The SMILES string of the molecule is S=C([S-])N(C1CCCC1)C1CCCC1.[Rb+]. The van der Waals surface area contributed by atoms with E-state index in [0.717, 1.165) is 4.32 Å². The van der Waals surface area contributed by atoms with Crippen LogP contribution in [0.2, 0.25) is 0 Å². The molecule has 80 valence electrons. The maximum Gasteiger partial charge on any atom is 1.00 e. The summed E-state index contributed by atoms with van der Waals surface area (Å²) in [5.41, 5.74) is 0. The predicted octanol–water partition coefficient (Wildman–Crippen LogP) is 0.00940. The molecule has 0 aromatic rings. The number of rotatable bonds is 2. The van der Waals surface area contributed by atoms with Gasteiger partial charge in [0.15, 0.2) is 0 Å². The molecule has 2 saturated carbocycles. The average Bonchev–Trinajstić information content (AvgIpc) is 2.75. The molecule has 2 rings (SSSR count).